The summed E-state index contributed by atoms with van der Waals surface area (Å²) in [6.07, 6.45) is 6.11. The molecule has 176 valence electrons. The molecule has 4 heterocycles. The molecule has 0 spiro atoms. The zero-order chi connectivity index (χ0) is 22.6. The van der Waals surface area contributed by atoms with Crippen molar-refractivity contribution in [3.8, 4) is 0 Å². The number of hydrogen-bond acceptors (Lipinski definition) is 5. The van der Waals surface area contributed by atoms with Gasteiger partial charge in [0.25, 0.3) is 0 Å². The Morgan fingerprint density at radius 3 is 2.70 bits per heavy atom. The molecule has 4 atom stereocenters. The van der Waals surface area contributed by atoms with Crippen molar-refractivity contribution >= 4 is 34.1 Å². The molecule has 6 nitrogen and oxygen atoms in total. The van der Waals surface area contributed by atoms with Crippen LogP contribution in [0.1, 0.15) is 44.1 Å². The summed E-state index contributed by atoms with van der Waals surface area (Å²) in [5, 5.41) is 5.95. The first kappa shape index (κ1) is 21.8. The van der Waals surface area contributed by atoms with Gasteiger partial charge in [0, 0.05) is 41.3 Å². The molecule has 6 rings (SSSR count). The molecule has 1 aromatic carbocycles. The largest absolute Gasteiger partial charge is 0.381 e. The molecular weight excluding hydrogens is 438 g/mol. The zero-order valence-electron chi connectivity index (χ0n) is 19.2. The molecule has 33 heavy (non-hydrogen) atoms. The molecule has 4 aliphatic rings. The number of rotatable bonds is 4. The Kier molecular flexibility index (Phi) is 5.60. The Bertz CT molecular complexity index is 1050. The van der Waals surface area contributed by atoms with Crippen molar-refractivity contribution in [2.24, 2.45) is 17.8 Å². The summed E-state index contributed by atoms with van der Waals surface area (Å²) in [6.45, 7) is 7.67. The predicted molar refractivity (Wildman–Crippen MR) is 129 cm³/mol. The minimum atomic E-state index is 0.0723. The second kappa shape index (κ2) is 8.49. The highest BCUT2D eigenvalue weighted by atomic mass is 35.5. The first-order valence-corrected chi connectivity index (χ1v) is 12.7. The number of ether oxygens (including phenoxy) is 2. The third-order valence-corrected chi connectivity index (χ3v) is 8.85. The maximum absolute atomic E-state index is 12.8. The molecule has 1 N–H and O–H groups in total. The lowest BCUT2D eigenvalue weighted by molar-refractivity contribution is -0.117. The van der Waals surface area contributed by atoms with Crippen LogP contribution in [0.25, 0.3) is 10.8 Å². The van der Waals surface area contributed by atoms with Gasteiger partial charge >= 0.3 is 0 Å². The molecule has 7 heteroatoms. The average Bonchev–Trinajstić information content (AvgIpc) is 3.40. The van der Waals surface area contributed by atoms with Gasteiger partial charge in [-0.15, -0.1) is 0 Å². The van der Waals surface area contributed by atoms with E-state index in [1.807, 2.05) is 18.3 Å². The summed E-state index contributed by atoms with van der Waals surface area (Å²) < 4.78 is 11.2. The van der Waals surface area contributed by atoms with Gasteiger partial charge in [0.05, 0.1) is 13.2 Å². The van der Waals surface area contributed by atoms with E-state index in [0.29, 0.717) is 30.2 Å². The summed E-state index contributed by atoms with van der Waals surface area (Å²) in [7, 11) is 0. The first-order chi connectivity index (χ1) is 16.0. The summed E-state index contributed by atoms with van der Waals surface area (Å²) in [5.41, 5.74) is 1.40. The summed E-state index contributed by atoms with van der Waals surface area (Å²) in [6, 6.07) is 6.22. The highest BCUT2D eigenvalue weighted by molar-refractivity contribution is 6.32. The van der Waals surface area contributed by atoms with Crippen LogP contribution >= 0.6 is 11.6 Å². The van der Waals surface area contributed by atoms with E-state index in [9.17, 15) is 4.79 Å². The number of carbonyl (C=O) groups is 1. The number of fused-ring (bicyclic) bond motifs is 2. The van der Waals surface area contributed by atoms with Crippen LogP contribution in [0.15, 0.2) is 24.4 Å². The second-order valence-electron chi connectivity index (χ2n) is 10.6. The Labute approximate surface area is 200 Å². The number of anilines is 1. The monoisotopic (exact) mass is 469 g/mol. The van der Waals surface area contributed by atoms with Crippen LogP contribution in [0.3, 0.4) is 0 Å². The predicted octanol–water partition coefficient (Wildman–Crippen LogP) is 4.47. The zero-order valence-corrected chi connectivity index (χ0v) is 19.9. The topological polar surface area (TPSA) is 63.7 Å². The van der Waals surface area contributed by atoms with Gasteiger partial charge in [-0.3, -0.25) is 9.69 Å². The number of carbonyl (C=O) groups excluding carboxylic acids is 1. The van der Waals surface area contributed by atoms with Gasteiger partial charge in [0.1, 0.15) is 5.82 Å². The van der Waals surface area contributed by atoms with Gasteiger partial charge < -0.3 is 14.8 Å². The van der Waals surface area contributed by atoms with E-state index in [4.69, 9.17) is 21.1 Å². The van der Waals surface area contributed by atoms with Gasteiger partial charge in [-0.1, -0.05) is 11.6 Å². The van der Waals surface area contributed by atoms with Crippen LogP contribution in [-0.4, -0.2) is 60.8 Å². The van der Waals surface area contributed by atoms with Crippen molar-refractivity contribution in [1.82, 2.24) is 9.88 Å². The van der Waals surface area contributed by atoms with Gasteiger partial charge in [-0.05, 0) is 92.6 Å². The van der Waals surface area contributed by atoms with Crippen molar-refractivity contribution in [3.05, 3.63) is 35.0 Å². The van der Waals surface area contributed by atoms with Crippen LogP contribution in [0.4, 0.5) is 5.82 Å². The van der Waals surface area contributed by atoms with Crippen LogP contribution < -0.4 is 5.32 Å². The minimum absolute atomic E-state index is 0.0723. The number of pyridine rings is 1. The number of piperidine rings is 1. The molecule has 1 saturated carbocycles. The van der Waals surface area contributed by atoms with Crippen LogP contribution in [0, 0.1) is 17.8 Å². The summed E-state index contributed by atoms with van der Waals surface area (Å²) in [5.74, 6) is 2.08. The minimum Gasteiger partial charge on any atom is -0.381 e. The lowest BCUT2D eigenvalue weighted by Crippen LogP contribution is -2.50. The fourth-order valence-electron chi connectivity index (χ4n) is 6.30. The maximum atomic E-state index is 12.8. The molecule has 0 radical (unpaired) electrons. The molecular formula is C26H32ClN3O3. The maximum Gasteiger partial charge on any atom is 0.229 e. The van der Waals surface area contributed by atoms with Crippen molar-refractivity contribution in [2.75, 3.05) is 44.8 Å². The molecule has 3 saturated heterocycles. The number of halogens is 1. The summed E-state index contributed by atoms with van der Waals surface area (Å²) in [4.78, 5) is 19.8. The van der Waals surface area contributed by atoms with Crippen LogP contribution in [0.2, 0.25) is 5.02 Å². The molecule has 1 aromatic heterocycles. The smallest absolute Gasteiger partial charge is 0.229 e. The van der Waals surface area contributed by atoms with E-state index in [1.54, 1.807) is 0 Å². The molecule has 0 bridgehead atoms. The van der Waals surface area contributed by atoms with Crippen molar-refractivity contribution in [3.63, 3.8) is 0 Å². The van der Waals surface area contributed by atoms with Crippen molar-refractivity contribution < 1.29 is 14.3 Å². The molecule has 3 aliphatic heterocycles. The number of hydrogen-bond donors (Lipinski definition) is 1. The average molecular weight is 470 g/mol. The number of aromatic nitrogens is 1. The van der Waals surface area contributed by atoms with Crippen molar-refractivity contribution in [1.29, 1.82) is 0 Å². The highest BCUT2D eigenvalue weighted by Crippen LogP contribution is 2.51. The molecule has 2 aromatic rings. The quantitative estimate of drug-likeness (QED) is 0.715. The second-order valence-corrected chi connectivity index (χ2v) is 11.0. The number of benzene rings is 1. The number of amides is 1. The van der Waals surface area contributed by atoms with E-state index in [-0.39, 0.29) is 17.4 Å². The van der Waals surface area contributed by atoms with E-state index >= 15 is 0 Å². The SMILES string of the molecule is C[C@@]1(N2CCC(c3cc4cc(NC(=O)C5[C@@H]6CCOC[C@@H]56)ncc4cc3Cl)CC2)CCOC1. The van der Waals surface area contributed by atoms with Crippen LogP contribution in [0.5, 0.6) is 0 Å². The van der Waals surface area contributed by atoms with E-state index in [2.05, 4.69) is 28.2 Å². The van der Waals surface area contributed by atoms with Gasteiger partial charge in [0.2, 0.25) is 5.91 Å². The molecule has 1 unspecified atom stereocenters. The molecule has 1 aliphatic carbocycles. The van der Waals surface area contributed by atoms with Gasteiger partial charge in [-0.2, -0.15) is 0 Å². The third kappa shape index (κ3) is 4.05. The Morgan fingerprint density at radius 1 is 1.12 bits per heavy atom. The van der Waals surface area contributed by atoms with E-state index < -0.39 is 0 Å². The first-order valence-electron chi connectivity index (χ1n) is 12.3. The highest BCUT2D eigenvalue weighted by Gasteiger charge is 2.55. The van der Waals surface area contributed by atoms with Crippen LogP contribution in [-0.2, 0) is 14.3 Å². The van der Waals surface area contributed by atoms with Crippen molar-refractivity contribution in [2.45, 2.75) is 44.1 Å². The number of likely N-dealkylation sites (tertiary alicyclic amines) is 1. The lowest BCUT2D eigenvalue weighted by Gasteiger charge is -2.42. The summed E-state index contributed by atoms with van der Waals surface area (Å²) >= 11 is 6.73. The molecule has 4 fully saturated rings. The van der Waals surface area contributed by atoms with E-state index in [1.165, 1.54) is 5.56 Å². The normalized spacial score (nSPS) is 32.6. The number of nitrogens with one attached hydrogen (secondary N) is 1. The van der Waals surface area contributed by atoms with Gasteiger partial charge in [-0.25, -0.2) is 4.98 Å². The number of nitrogens with zero attached hydrogens (tertiary/aromatic N) is 2. The molecule has 1 amide bonds. The Balaban J connectivity index is 1.17. The van der Waals surface area contributed by atoms with Gasteiger partial charge in [0.15, 0.2) is 0 Å². The Hall–Kier alpha value is -1.73. The lowest BCUT2D eigenvalue weighted by atomic mass is 9.86. The van der Waals surface area contributed by atoms with E-state index in [0.717, 1.165) is 74.4 Å². The third-order valence-electron chi connectivity index (χ3n) is 8.52. The Morgan fingerprint density at radius 2 is 1.97 bits per heavy atom. The fraction of sp³-hybridized carbons (Fsp3) is 0.615. The fourth-order valence-corrected chi connectivity index (χ4v) is 6.63. The standard InChI is InChI=1S/C26H32ClN3O3/c1-26(5-9-33-15-26)30-6-2-16(3-7-30)20-10-17-12-23(28-13-18(17)11-22(20)27)29-25(31)24-19-4-8-32-14-21(19)24/h10-13,16,19,21,24H,2-9,14-15H2,1H3,(H,28,29,31)/t19-,21-,24?,26-/m1/s1.